The summed E-state index contributed by atoms with van der Waals surface area (Å²) in [7, 11) is 0. The van der Waals surface area contributed by atoms with Crippen molar-refractivity contribution < 1.29 is 0 Å². The van der Waals surface area contributed by atoms with Gasteiger partial charge in [0.1, 0.15) is 6.33 Å². The van der Waals surface area contributed by atoms with Gasteiger partial charge in [-0.2, -0.15) is 0 Å². The molecule has 0 aliphatic carbocycles. The predicted octanol–water partition coefficient (Wildman–Crippen LogP) is 1.42. The Bertz CT molecular complexity index is 424. The van der Waals surface area contributed by atoms with E-state index in [4.69, 9.17) is 0 Å². The molecule has 0 saturated heterocycles. The second-order valence-electron chi connectivity index (χ2n) is 4.12. The van der Waals surface area contributed by atoms with Crippen LogP contribution in [0.15, 0.2) is 18.7 Å². The molecule has 0 aliphatic rings. The first kappa shape index (κ1) is 8.16. The molecule has 13 heavy (non-hydrogen) atoms. The summed E-state index contributed by atoms with van der Waals surface area (Å²) >= 11 is 0. The molecule has 0 aliphatic heterocycles. The summed E-state index contributed by atoms with van der Waals surface area (Å²) in [6.07, 6.45) is 5.30. The first-order valence-electron chi connectivity index (χ1n) is 4.23. The fraction of sp³-hybridized carbons (Fsp3) is 0.444. The van der Waals surface area contributed by atoms with Gasteiger partial charge in [-0.25, -0.2) is 9.50 Å². The van der Waals surface area contributed by atoms with E-state index >= 15 is 0 Å². The molecule has 4 nitrogen and oxygen atoms in total. The fourth-order valence-electron chi connectivity index (χ4n) is 1.34. The van der Waals surface area contributed by atoms with Crippen LogP contribution in [0.4, 0.5) is 0 Å². The highest BCUT2D eigenvalue weighted by Crippen LogP contribution is 2.24. The highest BCUT2D eigenvalue weighted by Gasteiger charge is 2.17. The van der Waals surface area contributed by atoms with Gasteiger partial charge in [-0.05, 0) is 5.41 Å². The van der Waals surface area contributed by atoms with Crippen molar-refractivity contribution in [2.75, 3.05) is 0 Å². The molecule has 0 spiro atoms. The molecule has 68 valence electrons. The first-order valence-corrected chi connectivity index (χ1v) is 4.23. The van der Waals surface area contributed by atoms with Crippen molar-refractivity contribution >= 4 is 5.52 Å². The number of nitrogens with zero attached hydrogens (tertiary/aromatic N) is 4. The van der Waals surface area contributed by atoms with Crippen LogP contribution in [-0.2, 0) is 5.41 Å². The highest BCUT2D eigenvalue weighted by atomic mass is 15.4. The maximum Gasteiger partial charge on any atom is 0.119 e. The van der Waals surface area contributed by atoms with E-state index in [1.165, 1.54) is 5.56 Å². The molecule has 0 unspecified atom stereocenters. The second kappa shape index (κ2) is 2.52. The van der Waals surface area contributed by atoms with Crippen LogP contribution in [-0.4, -0.2) is 19.8 Å². The quantitative estimate of drug-likeness (QED) is 0.609. The lowest BCUT2D eigenvalue weighted by atomic mass is 9.88. The van der Waals surface area contributed by atoms with Crippen molar-refractivity contribution in [3.63, 3.8) is 0 Å². The van der Waals surface area contributed by atoms with Gasteiger partial charge in [0, 0.05) is 11.8 Å². The summed E-state index contributed by atoms with van der Waals surface area (Å²) in [4.78, 5) is 4.11. The Labute approximate surface area is 76.6 Å². The van der Waals surface area contributed by atoms with E-state index in [0.29, 0.717) is 0 Å². The standard InChI is InChI=1S/C9H12N4/c1-9(2,3)7-4-10-6-13-8(7)5-11-12-13/h4-6H,1-3H3. The molecule has 2 rings (SSSR count). The van der Waals surface area contributed by atoms with Crippen LogP contribution in [0, 0.1) is 0 Å². The van der Waals surface area contributed by atoms with Crippen molar-refractivity contribution in [2.45, 2.75) is 26.2 Å². The average molecular weight is 176 g/mol. The highest BCUT2D eigenvalue weighted by molar-refractivity contribution is 5.53. The number of rotatable bonds is 0. The van der Waals surface area contributed by atoms with Gasteiger partial charge >= 0.3 is 0 Å². The lowest BCUT2D eigenvalue weighted by Crippen LogP contribution is -2.13. The average Bonchev–Trinajstić information content (AvgIpc) is 2.48. The predicted molar refractivity (Wildman–Crippen MR) is 49.5 cm³/mol. The normalized spacial score (nSPS) is 12.2. The van der Waals surface area contributed by atoms with Gasteiger partial charge in [0.2, 0.25) is 0 Å². The van der Waals surface area contributed by atoms with Crippen molar-refractivity contribution in [3.05, 3.63) is 24.3 Å². The number of hydrogen-bond acceptors (Lipinski definition) is 3. The number of fused-ring (bicyclic) bond motifs is 1. The Morgan fingerprint density at radius 3 is 2.69 bits per heavy atom. The zero-order chi connectivity index (χ0) is 9.47. The van der Waals surface area contributed by atoms with Gasteiger partial charge in [0.05, 0.1) is 11.7 Å². The van der Waals surface area contributed by atoms with Gasteiger partial charge in [0.15, 0.2) is 0 Å². The van der Waals surface area contributed by atoms with E-state index in [-0.39, 0.29) is 5.41 Å². The van der Waals surface area contributed by atoms with Crippen LogP contribution in [0.25, 0.3) is 5.52 Å². The van der Waals surface area contributed by atoms with Crippen molar-refractivity contribution in [2.24, 2.45) is 0 Å². The Balaban J connectivity index is 2.75. The third kappa shape index (κ3) is 1.28. The van der Waals surface area contributed by atoms with Crippen LogP contribution < -0.4 is 0 Å². The summed E-state index contributed by atoms with van der Waals surface area (Å²) in [5, 5.41) is 7.75. The van der Waals surface area contributed by atoms with E-state index in [1.807, 2.05) is 6.20 Å². The molecule has 2 aromatic rings. The molecular formula is C9H12N4. The van der Waals surface area contributed by atoms with Crippen molar-refractivity contribution in [3.8, 4) is 0 Å². The number of hydrogen-bond donors (Lipinski definition) is 0. The van der Waals surface area contributed by atoms with Crippen LogP contribution in [0.1, 0.15) is 26.3 Å². The zero-order valence-electron chi connectivity index (χ0n) is 8.02. The minimum atomic E-state index is 0.0806. The molecule has 4 heteroatoms. The largest absolute Gasteiger partial charge is 0.244 e. The smallest absolute Gasteiger partial charge is 0.119 e. The van der Waals surface area contributed by atoms with Gasteiger partial charge in [0.25, 0.3) is 0 Å². The molecule has 0 amide bonds. The van der Waals surface area contributed by atoms with Crippen molar-refractivity contribution in [1.29, 1.82) is 0 Å². The van der Waals surface area contributed by atoms with Crippen LogP contribution in [0.2, 0.25) is 0 Å². The first-order chi connectivity index (χ1) is 6.09. The monoisotopic (exact) mass is 176 g/mol. The van der Waals surface area contributed by atoms with Gasteiger partial charge in [-0.3, -0.25) is 0 Å². The third-order valence-electron chi connectivity index (χ3n) is 2.04. The molecular weight excluding hydrogens is 164 g/mol. The van der Waals surface area contributed by atoms with E-state index in [0.717, 1.165) is 5.52 Å². The lowest BCUT2D eigenvalue weighted by molar-refractivity contribution is 0.588. The minimum Gasteiger partial charge on any atom is -0.244 e. The van der Waals surface area contributed by atoms with Crippen LogP contribution in [0.5, 0.6) is 0 Å². The summed E-state index contributed by atoms with van der Waals surface area (Å²) in [6.45, 7) is 6.45. The van der Waals surface area contributed by atoms with Gasteiger partial charge < -0.3 is 0 Å². The zero-order valence-corrected chi connectivity index (χ0v) is 8.02. The number of aromatic nitrogens is 4. The Morgan fingerprint density at radius 2 is 2.00 bits per heavy atom. The molecule has 0 bridgehead atoms. The van der Waals surface area contributed by atoms with Gasteiger partial charge in [-0.1, -0.05) is 26.0 Å². The van der Waals surface area contributed by atoms with Crippen molar-refractivity contribution in [1.82, 2.24) is 19.8 Å². The summed E-state index contributed by atoms with van der Waals surface area (Å²) in [5.74, 6) is 0. The van der Waals surface area contributed by atoms with Crippen LogP contribution in [0.3, 0.4) is 0 Å². The summed E-state index contributed by atoms with van der Waals surface area (Å²) in [6, 6.07) is 0. The minimum absolute atomic E-state index is 0.0806. The Hall–Kier alpha value is -1.45. The van der Waals surface area contributed by atoms with E-state index in [9.17, 15) is 0 Å². The molecule has 0 fully saturated rings. The molecule has 0 radical (unpaired) electrons. The lowest BCUT2D eigenvalue weighted by Gasteiger charge is -2.18. The SMILES string of the molecule is CC(C)(C)c1cncn2nncc12. The fourth-order valence-corrected chi connectivity index (χ4v) is 1.34. The maximum absolute atomic E-state index is 4.11. The third-order valence-corrected chi connectivity index (χ3v) is 2.04. The molecule has 2 aromatic heterocycles. The molecule has 0 N–H and O–H groups in total. The molecule has 0 saturated carbocycles. The summed E-state index contributed by atoms with van der Waals surface area (Å²) < 4.78 is 1.70. The van der Waals surface area contributed by atoms with Crippen LogP contribution >= 0.6 is 0 Å². The molecule has 0 atom stereocenters. The van der Waals surface area contributed by atoms with E-state index < -0.39 is 0 Å². The van der Waals surface area contributed by atoms with E-state index in [2.05, 4.69) is 36.1 Å². The summed E-state index contributed by atoms with van der Waals surface area (Å²) in [5.41, 5.74) is 2.28. The molecule has 0 aromatic carbocycles. The second-order valence-corrected chi connectivity index (χ2v) is 4.12. The Morgan fingerprint density at radius 1 is 1.23 bits per heavy atom. The maximum atomic E-state index is 4.11. The topological polar surface area (TPSA) is 43.1 Å². The van der Waals surface area contributed by atoms with E-state index in [1.54, 1.807) is 17.0 Å². The molecule has 2 heterocycles. The Kier molecular flexibility index (Phi) is 1.58. The van der Waals surface area contributed by atoms with Gasteiger partial charge in [-0.15, -0.1) is 5.10 Å².